The number of rotatable bonds is 6. The Balaban J connectivity index is 2.17. The van der Waals surface area contributed by atoms with Crippen LogP contribution in [0.1, 0.15) is 27.6 Å². The summed E-state index contributed by atoms with van der Waals surface area (Å²) in [6.07, 6.45) is 0. The average Bonchev–Trinajstić information content (AvgIpc) is 2.56. The first-order valence-corrected chi connectivity index (χ1v) is 7.16. The van der Waals surface area contributed by atoms with Crippen molar-refractivity contribution in [3.8, 4) is 0 Å². The van der Waals surface area contributed by atoms with Gasteiger partial charge in [-0.15, -0.1) is 0 Å². The molecule has 0 aliphatic heterocycles. The maximum absolute atomic E-state index is 12.2. The molecule has 6 heteroatoms. The van der Waals surface area contributed by atoms with Crippen LogP contribution in [0.15, 0.2) is 48.6 Å². The lowest BCUT2D eigenvalue weighted by Crippen LogP contribution is -2.15. The van der Waals surface area contributed by atoms with Gasteiger partial charge < -0.3 is 14.6 Å². The molecule has 0 bridgehead atoms. The lowest BCUT2D eigenvalue weighted by atomic mass is 9.99. The highest BCUT2D eigenvalue weighted by atomic mass is 16.6. The van der Waals surface area contributed by atoms with Crippen LogP contribution in [0, 0.1) is 0 Å². The Hall–Kier alpha value is -3.15. The first kappa shape index (κ1) is 17.2. The van der Waals surface area contributed by atoms with Crippen LogP contribution in [0.3, 0.4) is 0 Å². The molecule has 0 fully saturated rings. The van der Waals surface area contributed by atoms with E-state index in [1.165, 1.54) is 19.1 Å². The highest BCUT2D eigenvalue weighted by Crippen LogP contribution is 2.24. The van der Waals surface area contributed by atoms with Crippen molar-refractivity contribution in [3.05, 3.63) is 59.7 Å². The van der Waals surface area contributed by atoms with E-state index in [0.717, 1.165) is 0 Å². The standard InChI is InChI=1S/C18H16O6/c1-11(2)17(21)23-9-10-24-18(22)14-8-4-6-12-5-3-7-13(15(12)14)16(19)20/h3-8H,1,9-10H2,2H3,(H,19,20). The molecule has 0 saturated carbocycles. The van der Waals surface area contributed by atoms with E-state index in [9.17, 15) is 19.5 Å². The minimum Gasteiger partial charge on any atom is -0.478 e. The SMILES string of the molecule is C=C(C)C(=O)OCCOC(=O)c1cccc2cccc(C(=O)O)c12. The van der Waals surface area contributed by atoms with E-state index in [4.69, 9.17) is 9.47 Å². The van der Waals surface area contributed by atoms with Crippen molar-refractivity contribution in [2.75, 3.05) is 13.2 Å². The third-order valence-electron chi connectivity index (χ3n) is 3.25. The first-order chi connectivity index (χ1) is 11.4. The van der Waals surface area contributed by atoms with E-state index in [-0.39, 0.29) is 29.9 Å². The number of hydrogen-bond acceptors (Lipinski definition) is 5. The van der Waals surface area contributed by atoms with Gasteiger partial charge in [0.25, 0.3) is 0 Å². The normalized spacial score (nSPS) is 10.2. The largest absolute Gasteiger partial charge is 0.478 e. The van der Waals surface area contributed by atoms with E-state index < -0.39 is 17.9 Å². The molecular formula is C18H16O6. The number of carbonyl (C=O) groups is 3. The number of esters is 2. The number of carboxylic acids is 1. The molecule has 6 nitrogen and oxygen atoms in total. The van der Waals surface area contributed by atoms with Crippen LogP contribution in [0.4, 0.5) is 0 Å². The van der Waals surface area contributed by atoms with Gasteiger partial charge in [0.2, 0.25) is 0 Å². The average molecular weight is 328 g/mol. The van der Waals surface area contributed by atoms with Crippen molar-refractivity contribution in [2.24, 2.45) is 0 Å². The van der Waals surface area contributed by atoms with Gasteiger partial charge in [-0.1, -0.05) is 30.8 Å². The molecule has 0 aliphatic rings. The summed E-state index contributed by atoms with van der Waals surface area (Å²) in [5, 5.41) is 10.2. The number of carboxylic acid groups (broad SMARTS) is 1. The number of aromatic carboxylic acids is 1. The van der Waals surface area contributed by atoms with Crippen molar-refractivity contribution < 1.29 is 29.0 Å². The molecule has 0 radical (unpaired) electrons. The third-order valence-corrected chi connectivity index (χ3v) is 3.25. The monoisotopic (exact) mass is 328 g/mol. The van der Waals surface area contributed by atoms with Gasteiger partial charge in [0.1, 0.15) is 13.2 Å². The van der Waals surface area contributed by atoms with E-state index in [1.807, 2.05) is 0 Å². The Morgan fingerprint density at radius 2 is 1.58 bits per heavy atom. The fourth-order valence-corrected chi connectivity index (χ4v) is 2.16. The molecule has 2 aromatic rings. The summed E-state index contributed by atoms with van der Waals surface area (Å²) in [5.74, 6) is -2.37. The minimum atomic E-state index is -1.13. The third kappa shape index (κ3) is 3.78. The van der Waals surface area contributed by atoms with Crippen molar-refractivity contribution in [2.45, 2.75) is 6.92 Å². The Morgan fingerprint density at radius 1 is 1.00 bits per heavy atom. The first-order valence-electron chi connectivity index (χ1n) is 7.16. The van der Waals surface area contributed by atoms with Gasteiger partial charge in [-0.2, -0.15) is 0 Å². The lowest BCUT2D eigenvalue weighted by molar-refractivity contribution is -0.140. The van der Waals surface area contributed by atoms with Crippen molar-refractivity contribution in [1.82, 2.24) is 0 Å². The molecular weight excluding hydrogens is 312 g/mol. The van der Waals surface area contributed by atoms with Crippen molar-refractivity contribution in [1.29, 1.82) is 0 Å². The second-order valence-electron chi connectivity index (χ2n) is 5.07. The molecule has 2 aromatic carbocycles. The maximum Gasteiger partial charge on any atom is 0.338 e. The van der Waals surface area contributed by atoms with Crippen LogP contribution in [-0.2, 0) is 14.3 Å². The van der Waals surface area contributed by atoms with Gasteiger partial charge >= 0.3 is 17.9 Å². The molecule has 0 aromatic heterocycles. The molecule has 0 saturated heterocycles. The molecule has 24 heavy (non-hydrogen) atoms. The van der Waals surface area contributed by atoms with Crippen LogP contribution >= 0.6 is 0 Å². The summed E-state index contributed by atoms with van der Waals surface area (Å²) in [6, 6.07) is 9.61. The molecule has 1 N–H and O–H groups in total. The summed E-state index contributed by atoms with van der Waals surface area (Å²) in [4.78, 5) is 34.8. The number of fused-ring (bicyclic) bond motifs is 1. The number of benzene rings is 2. The van der Waals surface area contributed by atoms with Crippen LogP contribution in [0.2, 0.25) is 0 Å². The van der Waals surface area contributed by atoms with Gasteiger partial charge in [0, 0.05) is 11.0 Å². The molecule has 0 spiro atoms. The van der Waals surface area contributed by atoms with Crippen LogP contribution < -0.4 is 0 Å². The van der Waals surface area contributed by atoms with E-state index in [0.29, 0.717) is 10.8 Å². The van der Waals surface area contributed by atoms with Gasteiger partial charge in [-0.25, -0.2) is 14.4 Å². The quantitative estimate of drug-likeness (QED) is 0.498. The van der Waals surface area contributed by atoms with Crippen molar-refractivity contribution >= 4 is 28.7 Å². The zero-order valence-corrected chi connectivity index (χ0v) is 13.1. The zero-order valence-electron chi connectivity index (χ0n) is 13.1. The molecule has 0 aliphatic carbocycles. The Morgan fingerprint density at radius 3 is 2.17 bits per heavy atom. The fourth-order valence-electron chi connectivity index (χ4n) is 2.16. The summed E-state index contributed by atoms with van der Waals surface area (Å²) in [6.45, 7) is 4.71. The summed E-state index contributed by atoms with van der Waals surface area (Å²) < 4.78 is 9.89. The molecule has 2 rings (SSSR count). The Labute approximate surface area is 138 Å². The number of carbonyl (C=O) groups excluding carboxylic acids is 2. The highest BCUT2D eigenvalue weighted by Gasteiger charge is 2.17. The van der Waals surface area contributed by atoms with E-state index in [2.05, 4.69) is 6.58 Å². The topological polar surface area (TPSA) is 89.9 Å². The van der Waals surface area contributed by atoms with Gasteiger partial charge in [0.05, 0.1) is 11.1 Å². The smallest absolute Gasteiger partial charge is 0.338 e. The number of ether oxygens (including phenoxy) is 2. The Bertz CT molecular complexity index is 816. The molecule has 124 valence electrons. The van der Waals surface area contributed by atoms with Gasteiger partial charge in [-0.3, -0.25) is 0 Å². The van der Waals surface area contributed by atoms with Crippen LogP contribution in [-0.4, -0.2) is 36.2 Å². The van der Waals surface area contributed by atoms with E-state index in [1.54, 1.807) is 24.3 Å². The second-order valence-corrected chi connectivity index (χ2v) is 5.07. The predicted molar refractivity (Wildman–Crippen MR) is 87.0 cm³/mol. The van der Waals surface area contributed by atoms with E-state index >= 15 is 0 Å². The zero-order chi connectivity index (χ0) is 17.7. The highest BCUT2D eigenvalue weighted by molar-refractivity contribution is 6.12. The van der Waals surface area contributed by atoms with Gasteiger partial charge in [0.15, 0.2) is 0 Å². The van der Waals surface area contributed by atoms with Crippen LogP contribution in [0.25, 0.3) is 10.8 Å². The predicted octanol–water partition coefficient (Wildman–Crippen LogP) is 2.81. The summed E-state index contributed by atoms with van der Waals surface area (Å²) >= 11 is 0. The Kier molecular flexibility index (Phi) is 5.31. The molecule has 0 heterocycles. The molecule has 0 amide bonds. The minimum absolute atomic E-state index is 0.0220. The summed E-state index contributed by atoms with van der Waals surface area (Å²) in [7, 11) is 0. The summed E-state index contributed by atoms with van der Waals surface area (Å²) in [5.41, 5.74) is 0.423. The maximum atomic E-state index is 12.2. The number of hydrogen-bond donors (Lipinski definition) is 1. The van der Waals surface area contributed by atoms with Crippen LogP contribution in [0.5, 0.6) is 0 Å². The fraction of sp³-hybridized carbons (Fsp3) is 0.167. The van der Waals surface area contributed by atoms with Gasteiger partial charge in [-0.05, 0) is 24.4 Å². The molecule has 0 unspecified atom stereocenters. The second kappa shape index (κ2) is 7.41. The van der Waals surface area contributed by atoms with Crippen molar-refractivity contribution in [3.63, 3.8) is 0 Å². The molecule has 0 atom stereocenters. The lowest BCUT2D eigenvalue weighted by Gasteiger charge is -2.10.